The van der Waals surface area contributed by atoms with Crippen molar-refractivity contribution in [2.24, 2.45) is 15.7 Å². The van der Waals surface area contributed by atoms with E-state index in [0.29, 0.717) is 9.90 Å². The van der Waals surface area contributed by atoms with Crippen LogP contribution in [0.2, 0.25) is 0 Å². The Balaban J connectivity index is 1.19. The number of nitrogens with one attached hydrogen (secondary N) is 2. The summed E-state index contributed by atoms with van der Waals surface area (Å²) in [6.07, 6.45) is 1.22. The molecule has 0 saturated carbocycles. The third kappa shape index (κ3) is 7.27. The Labute approximate surface area is 269 Å². The van der Waals surface area contributed by atoms with Crippen molar-refractivity contribution in [3.63, 3.8) is 0 Å². The molecule has 5 rings (SSSR count). The number of oxime groups is 1. The predicted molar refractivity (Wildman–Crippen MR) is 165 cm³/mol. The van der Waals surface area contributed by atoms with Gasteiger partial charge in [-0.15, -0.1) is 33.3 Å². The number of thiazole rings is 1. The van der Waals surface area contributed by atoms with Gasteiger partial charge in [-0.3, -0.25) is 19.2 Å². The molecule has 1 aromatic carbocycles. The number of carboxylic acid groups (broad SMARTS) is 1. The van der Waals surface area contributed by atoms with E-state index in [1.165, 1.54) is 69.6 Å². The molecule has 45 heavy (non-hydrogen) atoms. The van der Waals surface area contributed by atoms with Gasteiger partial charge in [-0.2, -0.15) is 5.10 Å². The number of aliphatic carboxylic acids is 1. The summed E-state index contributed by atoms with van der Waals surface area (Å²) in [5.74, 6) is -3.31. The number of amides is 3. The summed E-state index contributed by atoms with van der Waals surface area (Å²) in [6.45, 7) is -0.676. The average Bonchev–Trinajstić information content (AvgIpc) is 3.70. The van der Waals surface area contributed by atoms with Gasteiger partial charge in [0.05, 0.1) is 6.21 Å². The summed E-state index contributed by atoms with van der Waals surface area (Å²) in [4.78, 5) is 61.3. The third-order valence-electron chi connectivity index (χ3n) is 6.43. The SMILES string of the molecule is Nc1nc(C(=NOCC(=O)NN=Cc2ccc(O)c(O)c2)C(=O)NC2C(=O)N3CC(CSc4nncs4)(C(=O)O)CS[C@H]23)cs1. The molecular formula is C24H23N9O8S4. The topological polar surface area (TPSA) is 255 Å². The van der Waals surface area contributed by atoms with Crippen molar-refractivity contribution in [2.45, 2.75) is 15.8 Å². The number of nitrogen functional groups attached to an aromatic ring is 1. The van der Waals surface area contributed by atoms with Gasteiger partial charge in [-0.1, -0.05) is 28.3 Å². The maximum absolute atomic E-state index is 13.3. The van der Waals surface area contributed by atoms with Gasteiger partial charge in [0.25, 0.3) is 11.8 Å². The number of hydrogen-bond acceptors (Lipinski definition) is 17. The predicted octanol–water partition coefficient (Wildman–Crippen LogP) is 0.122. The largest absolute Gasteiger partial charge is 0.504 e. The molecule has 0 aliphatic carbocycles. The van der Waals surface area contributed by atoms with Crippen LogP contribution in [-0.2, 0) is 24.0 Å². The molecule has 0 spiro atoms. The first-order valence-corrected chi connectivity index (χ1v) is 16.5. The van der Waals surface area contributed by atoms with E-state index in [0.717, 1.165) is 11.3 Å². The second-order valence-corrected chi connectivity index (χ2v) is 13.6. The minimum atomic E-state index is -1.21. The number of thioether (sulfide) groups is 2. The second-order valence-electron chi connectivity index (χ2n) is 9.52. The monoisotopic (exact) mass is 693 g/mol. The number of carboxylic acids is 1. The fraction of sp³-hybridized carbons (Fsp3) is 0.292. The van der Waals surface area contributed by atoms with E-state index in [1.54, 1.807) is 5.51 Å². The Morgan fingerprint density at radius 2 is 2.09 bits per heavy atom. The number of carbonyl (C=O) groups is 4. The summed E-state index contributed by atoms with van der Waals surface area (Å²) >= 11 is 4.84. The molecule has 2 aromatic heterocycles. The molecule has 0 bridgehead atoms. The van der Waals surface area contributed by atoms with Crippen molar-refractivity contribution in [2.75, 3.05) is 30.4 Å². The number of hydrogen-bond donors (Lipinski definition) is 6. The van der Waals surface area contributed by atoms with E-state index in [-0.39, 0.29) is 46.1 Å². The number of carbonyl (C=O) groups excluding carboxylic acids is 3. The normalized spacial score (nSPS) is 21.2. The van der Waals surface area contributed by atoms with Gasteiger partial charge in [-0.25, -0.2) is 10.4 Å². The number of β-lactam (4-membered cyclic amide) rings is 1. The number of benzene rings is 1. The lowest BCUT2D eigenvalue weighted by Gasteiger charge is -2.53. The number of phenolic OH excluding ortho intramolecular Hbond substituents is 2. The van der Waals surface area contributed by atoms with Crippen LogP contribution < -0.4 is 16.5 Å². The number of fused-ring (bicyclic) bond motifs is 1. The summed E-state index contributed by atoms with van der Waals surface area (Å²) in [7, 11) is 0. The Morgan fingerprint density at radius 1 is 1.27 bits per heavy atom. The zero-order chi connectivity index (χ0) is 32.1. The van der Waals surface area contributed by atoms with E-state index >= 15 is 0 Å². The molecule has 21 heteroatoms. The molecule has 3 aromatic rings. The van der Waals surface area contributed by atoms with Crippen molar-refractivity contribution >= 4 is 86.9 Å². The molecule has 0 radical (unpaired) electrons. The van der Waals surface area contributed by atoms with Crippen LogP contribution in [0.5, 0.6) is 11.5 Å². The fourth-order valence-electron chi connectivity index (χ4n) is 4.13. The van der Waals surface area contributed by atoms with Crippen LogP contribution in [0.25, 0.3) is 0 Å². The van der Waals surface area contributed by atoms with Gasteiger partial charge in [0.1, 0.15) is 28.0 Å². The average molecular weight is 694 g/mol. The molecule has 236 valence electrons. The molecule has 2 fully saturated rings. The zero-order valence-electron chi connectivity index (χ0n) is 22.7. The van der Waals surface area contributed by atoms with E-state index in [1.807, 2.05) is 0 Å². The van der Waals surface area contributed by atoms with Crippen LogP contribution >= 0.6 is 46.2 Å². The van der Waals surface area contributed by atoms with E-state index < -0.39 is 47.1 Å². The quantitative estimate of drug-likeness (QED) is 0.0485. The van der Waals surface area contributed by atoms with E-state index in [4.69, 9.17) is 10.6 Å². The molecule has 7 N–H and O–H groups in total. The first-order chi connectivity index (χ1) is 21.6. The molecule has 4 heterocycles. The van der Waals surface area contributed by atoms with Crippen LogP contribution in [0, 0.1) is 5.41 Å². The van der Waals surface area contributed by atoms with E-state index in [9.17, 15) is 34.5 Å². The van der Waals surface area contributed by atoms with Crippen LogP contribution in [-0.4, -0.2) is 107 Å². The van der Waals surface area contributed by atoms with Crippen LogP contribution in [0.4, 0.5) is 5.13 Å². The fourth-order valence-corrected chi connectivity index (χ4v) is 8.03. The van der Waals surface area contributed by atoms with Crippen LogP contribution in [0.1, 0.15) is 11.3 Å². The van der Waals surface area contributed by atoms with Gasteiger partial charge < -0.3 is 36.1 Å². The minimum Gasteiger partial charge on any atom is -0.504 e. The molecule has 2 aliphatic heterocycles. The van der Waals surface area contributed by atoms with Gasteiger partial charge >= 0.3 is 5.97 Å². The maximum atomic E-state index is 13.3. The highest BCUT2D eigenvalue weighted by atomic mass is 32.2. The highest BCUT2D eigenvalue weighted by Gasteiger charge is 2.57. The smallest absolute Gasteiger partial charge is 0.313 e. The van der Waals surface area contributed by atoms with Crippen molar-refractivity contribution in [1.82, 2.24) is 30.8 Å². The third-order valence-corrected chi connectivity index (χ3v) is 10.8. The Bertz CT molecular complexity index is 1670. The highest BCUT2D eigenvalue weighted by Crippen LogP contribution is 2.44. The van der Waals surface area contributed by atoms with Crippen molar-refractivity contribution in [3.05, 3.63) is 40.3 Å². The van der Waals surface area contributed by atoms with Gasteiger partial charge in [0.15, 0.2) is 33.3 Å². The summed E-state index contributed by atoms with van der Waals surface area (Å²) in [6, 6.07) is 2.99. The summed E-state index contributed by atoms with van der Waals surface area (Å²) < 4.78 is 0.625. The van der Waals surface area contributed by atoms with Crippen LogP contribution in [0.3, 0.4) is 0 Å². The molecule has 3 amide bonds. The van der Waals surface area contributed by atoms with Crippen molar-refractivity contribution < 1.29 is 39.3 Å². The number of phenols is 2. The lowest BCUT2D eigenvalue weighted by molar-refractivity contribution is -0.157. The number of hydrazone groups is 1. The van der Waals surface area contributed by atoms with Gasteiger partial charge in [0, 0.05) is 23.4 Å². The highest BCUT2D eigenvalue weighted by molar-refractivity contribution is 8.01. The zero-order valence-corrected chi connectivity index (χ0v) is 26.0. The maximum Gasteiger partial charge on any atom is 0.313 e. The number of nitrogens with two attached hydrogens (primary N) is 1. The van der Waals surface area contributed by atoms with Crippen LogP contribution in [0.15, 0.2) is 43.7 Å². The minimum absolute atomic E-state index is 0.0326. The van der Waals surface area contributed by atoms with Gasteiger partial charge in [-0.05, 0) is 23.8 Å². The summed E-state index contributed by atoms with van der Waals surface area (Å²) in [5.41, 5.74) is 8.36. The Hall–Kier alpha value is -4.47. The number of rotatable bonds is 12. The molecule has 3 atom stereocenters. The molecule has 2 aliphatic rings. The molecule has 17 nitrogen and oxygen atoms in total. The van der Waals surface area contributed by atoms with Crippen molar-refractivity contribution in [1.29, 1.82) is 0 Å². The summed E-state index contributed by atoms with van der Waals surface area (Å²) in [5, 5.41) is 47.8. The van der Waals surface area contributed by atoms with Gasteiger partial charge in [0.2, 0.25) is 5.91 Å². The molecule has 2 saturated heterocycles. The Morgan fingerprint density at radius 3 is 2.78 bits per heavy atom. The first kappa shape index (κ1) is 31.9. The molecule has 2 unspecified atom stereocenters. The Kier molecular flexibility index (Phi) is 9.70. The standard InChI is InChI=1S/C24H23N9O8S4/c25-22-28-12(6-42-22)16(32-41-5-15(36)30-26-4-11-1-2-13(34)14(35)3-11)18(37)29-17-19(38)33-7-24(21(39)40,8-43-20(17)33)9-44-23-31-27-10-45-23/h1-4,6,10,17,20,34-35H,5,7-9H2,(H2,25,28)(H,29,37)(H,30,36)(H,39,40)/t17?,20-,24?/m1/s1. The lowest BCUT2D eigenvalue weighted by atomic mass is 9.89. The lowest BCUT2D eigenvalue weighted by Crippen LogP contribution is -2.74. The molecular weight excluding hydrogens is 671 g/mol. The van der Waals surface area contributed by atoms with Crippen molar-refractivity contribution in [3.8, 4) is 11.5 Å². The number of nitrogens with zero attached hydrogens (tertiary/aromatic N) is 6. The second kappa shape index (κ2) is 13.7. The van der Waals surface area contributed by atoms with E-state index in [2.05, 4.69) is 36.2 Å². The first-order valence-electron chi connectivity index (χ1n) is 12.7. The number of aromatic hydroxyl groups is 2. The number of aromatic nitrogens is 3. The number of anilines is 1.